The van der Waals surface area contributed by atoms with E-state index >= 15 is 0 Å². The molecule has 0 aromatic carbocycles. The Bertz CT molecular complexity index is 250. The third-order valence-corrected chi connectivity index (χ3v) is 1.69. The molecule has 0 saturated heterocycles. The quantitative estimate of drug-likeness (QED) is 0.579. The summed E-state index contributed by atoms with van der Waals surface area (Å²) in [7, 11) is 0. The molecule has 2 rings (SSSR count). The van der Waals surface area contributed by atoms with Crippen LogP contribution in [0.1, 0.15) is 6.42 Å². The predicted molar refractivity (Wildman–Crippen MR) is 33.3 cm³/mol. The Kier molecular flexibility index (Phi) is 0.897. The number of hydrogen-bond donors (Lipinski definition) is 1. The van der Waals surface area contributed by atoms with Gasteiger partial charge in [0, 0.05) is 12.0 Å². The van der Waals surface area contributed by atoms with Crippen LogP contribution in [0.25, 0.3) is 0 Å². The topological polar surface area (TPSA) is 46.5 Å². The van der Waals surface area contributed by atoms with E-state index in [0.29, 0.717) is 0 Å². The van der Waals surface area contributed by atoms with Gasteiger partial charge in [-0.25, -0.2) is 4.79 Å². The van der Waals surface area contributed by atoms with Crippen LogP contribution in [0.3, 0.4) is 0 Å². The Labute approximate surface area is 57.6 Å². The van der Waals surface area contributed by atoms with Gasteiger partial charge in [-0.1, -0.05) is 6.08 Å². The third-order valence-electron chi connectivity index (χ3n) is 1.69. The zero-order valence-electron chi connectivity index (χ0n) is 5.20. The lowest BCUT2D eigenvalue weighted by atomic mass is 10.2. The second kappa shape index (κ2) is 1.62. The van der Waals surface area contributed by atoms with E-state index in [2.05, 4.69) is 0 Å². The number of hydrogen-bond acceptors (Lipinski definition) is 2. The third kappa shape index (κ3) is 0.572. The molecule has 1 aliphatic carbocycles. The molecule has 0 amide bonds. The lowest BCUT2D eigenvalue weighted by Gasteiger charge is -2.05. The molecule has 1 aliphatic heterocycles. The lowest BCUT2D eigenvalue weighted by Crippen LogP contribution is -2.07. The highest BCUT2D eigenvalue weighted by atomic mass is 16.5. The first-order valence-corrected chi connectivity index (χ1v) is 3.08. The standard InChI is InChI=1S/C7H6O3/c8-7(9)6-4-1-2-5(3-4)10-6/h1-2,5H,3H2,(H,8,9). The van der Waals surface area contributed by atoms with Crippen molar-refractivity contribution in [3.63, 3.8) is 0 Å². The molecule has 0 radical (unpaired) electrons. The van der Waals surface area contributed by atoms with Gasteiger partial charge in [0.1, 0.15) is 6.10 Å². The molecule has 0 saturated carbocycles. The fraction of sp³-hybridized carbons (Fsp3) is 0.286. The van der Waals surface area contributed by atoms with Crippen molar-refractivity contribution in [3.8, 4) is 0 Å². The maximum Gasteiger partial charge on any atom is 0.371 e. The van der Waals surface area contributed by atoms with Crippen LogP contribution in [0.2, 0.25) is 0 Å². The maximum absolute atomic E-state index is 10.4. The maximum atomic E-state index is 10.4. The zero-order valence-corrected chi connectivity index (χ0v) is 5.20. The molecule has 1 N–H and O–H groups in total. The number of ether oxygens (including phenoxy) is 1. The van der Waals surface area contributed by atoms with Crippen molar-refractivity contribution >= 4 is 5.97 Å². The van der Waals surface area contributed by atoms with Crippen molar-refractivity contribution in [2.75, 3.05) is 0 Å². The highest BCUT2D eigenvalue weighted by molar-refractivity contribution is 5.87. The van der Waals surface area contributed by atoms with Gasteiger partial charge in [0.05, 0.1) is 0 Å². The molecule has 0 fully saturated rings. The number of allylic oxidation sites excluding steroid dienone is 1. The fourth-order valence-corrected chi connectivity index (χ4v) is 1.24. The second-order valence-electron chi connectivity index (χ2n) is 2.38. The summed E-state index contributed by atoms with van der Waals surface area (Å²) in [6.07, 6.45) is 4.43. The minimum Gasteiger partial charge on any atom is -0.478 e. The van der Waals surface area contributed by atoms with E-state index in [1.54, 1.807) is 0 Å². The van der Waals surface area contributed by atoms with Gasteiger partial charge in [0.2, 0.25) is 5.76 Å². The van der Waals surface area contributed by atoms with E-state index in [9.17, 15) is 4.79 Å². The molecule has 10 heavy (non-hydrogen) atoms. The molecule has 1 atom stereocenters. The summed E-state index contributed by atoms with van der Waals surface area (Å²) in [5, 5.41) is 8.52. The van der Waals surface area contributed by atoms with Crippen LogP contribution in [0.15, 0.2) is 23.5 Å². The van der Waals surface area contributed by atoms with Gasteiger partial charge < -0.3 is 9.84 Å². The molecule has 52 valence electrons. The summed E-state index contributed by atoms with van der Waals surface area (Å²) in [6, 6.07) is 0. The average Bonchev–Trinajstić information content (AvgIpc) is 2.44. The molecule has 1 unspecified atom stereocenters. The summed E-state index contributed by atoms with van der Waals surface area (Å²) in [5.41, 5.74) is 0.817. The van der Waals surface area contributed by atoms with Gasteiger partial charge in [-0.15, -0.1) is 0 Å². The first-order chi connectivity index (χ1) is 4.77. The van der Waals surface area contributed by atoms with E-state index in [0.717, 1.165) is 12.0 Å². The number of carbonyl (C=O) groups is 1. The number of carboxylic acid groups (broad SMARTS) is 1. The van der Waals surface area contributed by atoms with Gasteiger partial charge in [-0.05, 0) is 6.08 Å². The molecule has 3 heteroatoms. The fourth-order valence-electron chi connectivity index (χ4n) is 1.24. The summed E-state index contributed by atoms with van der Waals surface area (Å²) in [5.74, 6) is -0.825. The van der Waals surface area contributed by atoms with E-state index in [1.165, 1.54) is 0 Å². The number of rotatable bonds is 1. The van der Waals surface area contributed by atoms with Crippen LogP contribution in [-0.4, -0.2) is 17.2 Å². The minimum absolute atomic E-state index is 0.00102. The number of fused-ring (bicyclic) bond motifs is 2. The Morgan fingerprint density at radius 3 is 2.90 bits per heavy atom. The van der Waals surface area contributed by atoms with Crippen molar-refractivity contribution in [3.05, 3.63) is 23.5 Å². The molecule has 1 heterocycles. The first kappa shape index (κ1) is 5.53. The average molecular weight is 138 g/mol. The molecule has 0 aromatic heterocycles. The van der Waals surface area contributed by atoms with Crippen molar-refractivity contribution in [1.29, 1.82) is 0 Å². The summed E-state index contributed by atoms with van der Waals surface area (Å²) in [4.78, 5) is 10.4. The molecule has 3 nitrogen and oxygen atoms in total. The second-order valence-corrected chi connectivity index (χ2v) is 2.38. The highest BCUT2D eigenvalue weighted by Gasteiger charge is 2.30. The summed E-state index contributed by atoms with van der Waals surface area (Å²) >= 11 is 0. The summed E-state index contributed by atoms with van der Waals surface area (Å²) in [6.45, 7) is 0. The van der Waals surface area contributed by atoms with Gasteiger partial charge in [0.15, 0.2) is 0 Å². The van der Waals surface area contributed by atoms with Crippen molar-refractivity contribution in [1.82, 2.24) is 0 Å². The van der Waals surface area contributed by atoms with Gasteiger partial charge in [0.25, 0.3) is 0 Å². The number of carboxylic acids is 1. The Balaban J connectivity index is 2.39. The van der Waals surface area contributed by atoms with Gasteiger partial charge >= 0.3 is 5.97 Å². The Morgan fingerprint density at radius 2 is 2.60 bits per heavy atom. The van der Waals surface area contributed by atoms with E-state index in [-0.39, 0.29) is 11.9 Å². The van der Waals surface area contributed by atoms with E-state index in [1.807, 2.05) is 12.2 Å². The van der Waals surface area contributed by atoms with Crippen LogP contribution >= 0.6 is 0 Å². The van der Waals surface area contributed by atoms with Gasteiger partial charge in [-0.3, -0.25) is 0 Å². The highest BCUT2D eigenvalue weighted by Crippen LogP contribution is 2.32. The Morgan fingerprint density at radius 1 is 1.80 bits per heavy atom. The van der Waals surface area contributed by atoms with Crippen LogP contribution in [0, 0.1) is 0 Å². The monoisotopic (exact) mass is 138 g/mol. The van der Waals surface area contributed by atoms with Crippen LogP contribution in [-0.2, 0) is 9.53 Å². The zero-order chi connectivity index (χ0) is 7.14. The number of aliphatic carboxylic acids is 1. The van der Waals surface area contributed by atoms with Crippen LogP contribution in [0.4, 0.5) is 0 Å². The lowest BCUT2D eigenvalue weighted by molar-refractivity contribution is -0.136. The van der Waals surface area contributed by atoms with Crippen molar-refractivity contribution < 1.29 is 14.6 Å². The van der Waals surface area contributed by atoms with Crippen molar-refractivity contribution in [2.24, 2.45) is 0 Å². The smallest absolute Gasteiger partial charge is 0.371 e. The SMILES string of the molecule is O=C(O)C1=C2C=CC(C2)O1. The molecule has 2 aliphatic rings. The first-order valence-electron chi connectivity index (χ1n) is 3.08. The molecule has 0 spiro atoms. The van der Waals surface area contributed by atoms with Crippen LogP contribution in [0.5, 0.6) is 0 Å². The van der Waals surface area contributed by atoms with E-state index in [4.69, 9.17) is 9.84 Å². The van der Waals surface area contributed by atoms with Crippen LogP contribution < -0.4 is 0 Å². The predicted octanol–water partition coefficient (Wildman–Crippen LogP) is 0.684. The van der Waals surface area contributed by atoms with E-state index < -0.39 is 5.97 Å². The largest absolute Gasteiger partial charge is 0.478 e. The minimum atomic E-state index is -0.957. The van der Waals surface area contributed by atoms with Gasteiger partial charge in [-0.2, -0.15) is 0 Å². The molecule has 0 aromatic rings. The normalized spacial score (nSPS) is 27.4. The molecular formula is C7H6O3. The van der Waals surface area contributed by atoms with Crippen molar-refractivity contribution in [2.45, 2.75) is 12.5 Å². The Hall–Kier alpha value is -1.25. The summed E-state index contributed by atoms with van der Waals surface area (Å²) < 4.78 is 5.02. The molecular weight excluding hydrogens is 132 g/mol. The molecule has 2 bridgehead atoms.